The zero-order valence-corrected chi connectivity index (χ0v) is 23.0. The smallest absolute Gasteiger partial charge is 0.257 e. The Labute approximate surface area is 242 Å². The number of anilines is 1. The first kappa shape index (κ1) is 26.5. The molecule has 3 amide bonds. The molecule has 204 valence electrons. The first-order valence-corrected chi connectivity index (χ1v) is 13.7. The molecule has 1 fully saturated rings. The number of oxazole rings is 1. The predicted octanol–water partition coefficient (Wildman–Crippen LogP) is 6.47. The van der Waals surface area contributed by atoms with Crippen LogP contribution in [-0.2, 0) is 16.0 Å². The van der Waals surface area contributed by atoms with Crippen LogP contribution in [0.5, 0.6) is 0 Å². The highest BCUT2D eigenvalue weighted by Crippen LogP contribution is 2.30. The van der Waals surface area contributed by atoms with Crippen LogP contribution in [0.3, 0.4) is 0 Å². The van der Waals surface area contributed by atoms with E-state index in [4.69, 9.17) is 16.0 Å². The Morgan fingerprint density at radius 3 is 2.46 bits per heavy atom. The minimum atomic E-state index is -0.924. The number of benzene rings is 4. The van der Waals surface area contributed by atoms with Crippen LogP contribution in [-0.4, -0.2) is 40.2 Å². The molecule has 1 saturated heterocycles. The lowest BCUT2D eigenvalue weighted by molar-refractivity contribution is -0.122. The van der Waals surface area contributed by atoms with Gasteiger partial charge < -0.3 is 9.32 Å². The number of nitrogens with zero attached hydrogens (tertiary/aromatic N) is 3. The highest BCUT2D eigenvalue weighted by Gasteiger charge is 2.44. The van der Waals surface area contributed by atoms with Crippen molar-refractivity contribution in [3.8, 4) is 11.5 Å². The Balaban J connectivity index is 1.26. The van der Waals surface area contributed by atoms with Crippen LogP contribution < -0.4 is 4.90 Å². The van der Waals surface area contributed by atoms with Crippen LogP contribution >= 0.6 is 11.6 Å². The van der Waals surface area contributed by atoms with E-state index >= 15 is 0 Å². The zero-order valence-electron chi connectivity index (χ0n) is 22.3. The van der Waals surface area contributed by atoms with Crippen molar-refractivity contribution in [2.45, 2.75) is 25.8 Å². The Kier molecular flexibility index (Phi) is 7.12. The largest absolute Gasteiger partial charge is 0.436 e. The maximum Gasteiger partial charge on any atom is 0.257 e. The fourth-order valence-electron chi connectivity index (χ4n) is 5.08. The number of rotatable bonds is 7. The van der Waals surface area contributed by atoms with Gasteiger partial charge in [-0.2, -0.15) is 0 Å². The molecule has 1 aromatic heterocycles. The molecule has 0 aliphatic carbocycles. The molecule has 1 aliphatic rings. The highest BCUT2D eigenvalue weighted by molar-refractivity contribution is 6.30. The first-order valence-electron chi connectivity index (χ1n) is 13.3. The third kappa shape index (κ3) is 5.36. The van der Waals surface area contributed by atoms with Gasteiger partial charge in [-0.1, -0.05) is 53.6 Å². The number of hydrogen-bond acceptors (Lipinski definition) is 5. The van der Waals surface area contributed by atoms with Gasteiger partial charge in [-0.15, -0.1) is 0 Å². The van der Waals surface area contributed by atoms with Gasteiger partial charge >= 0.3 is 0 Å². The van der Waals surface area contributed by atoms with Crippen molar-refractivity contribution in [2.75, 3.05) is 11.4 Å². The van der Waals surface area contributed by atoms with Crippen molar-refractivity contribution in [3.05, 3.63) is 119 Å². The molecule has 1 aliphatic heterocycles. The Morgan fingerprint density at radius 1 is 0.976 bits per heavy atom. The van der Waals surface area contributed by atoms with Crippen LogP contribution in [0.25, 0.3) is 22.6 Å². The van der Waals surface area contributed by atoms with E-state index in [1.54, 1.807) is 42.5 Å². The van der Waals surface area contributed by atoms with Crippen LogP contribution in [0.15, 0.2) is 101 Å². The average Bonchev–Trinajstić information content (AvgIpc) is 3.54. The molecule has 8 heteroatoms. The van der Waals surface area contributed by atoms with Crippen LogP contribution in [0, 0.1) is 6.92 Å². The SMILES string of the molecule is Cc1ccc(C(=O)N(CCc2cccc(Cl)c2)C2CC(=O)N(c3ccc(-c4nc5ccccc5o4)cc3)C2=O)cc1. The van der Waals surface area contributed by atoms with Gasteiger partial charge in [0, 0.05) is 22.7 Å². The maximum absolute atomic E-state index is 13.7. The van der Waals surface area contributed by atoms with Crippen molar-refractivity contribution < 1.29 is 18.8 Å². The summed E-state index contributed by atoms with van der Waals surface area (Å²) in [6.07, 6.45) is 0.383. The summed E-state index contributed by atoms with van der Waals surface area (Å²) in [4.78, 5) is 47.8. The van der Waals surface area contributed by atoms with E-state index < -0.39 is 11.9 Å². The normalized spacial score (nSPS) is 15.1. The molecule has 1 atom stereocenters. The lowest BCUT2D eigenvalue weighted by Crippen LogP contribution is -2.46. The van der Waals surface area contributed by atoms with Crippen molar-refractivity contribution in [3.63, 3.8) is 0 Å². The van der Waals surface area contributed by atoms with E-state index in [2.05, 4.69) is 4.98 Å². The summed E-state index contributed by atoms with van der Waals surface area (Å²) in [6, 6.07) is 28.1. The van der Waals surface area contributed by atoms with Gasteiger partial charge in [0.1, 0.15) is 11.6 Å². The molecule has 0 N–H and O–H groups in total. The average molecular weight is 564 g/mol. The molecule has 4 aromatic carbocycles. The quantitative estimate of drug-likeness (QED) is 0.212. The van der Waals surface area contributed by atoms with Crippen molar-refractivity contribution in [1.29, 1.82) is 0 Å². The number of carbonyl (C=O) groups excluding carboxylic acids is 3. The van der Waals surface area contributed by atoms with E-state index in [-0.39, 0.29) is 24.8 Å². The van der Waals surface area contributed by atoms with E-state index in [0.717, 1.165) is 27.1 Å². The number of imide groups is 1. The summed E-state index contributed by atoms with van der Waals surface area (Å²) in [5.74, 6) is -0.646. The molecular weight excluding hydrogens is 538 g/mol. The lowest BCUT2D eigenvalue weighted by atomic mass is 10.1. The summed E-state index contributed by atoms with van der Waals surface area (Å²) in [5, 5.41) is 0.596. The van der Waals surface area contributed by atoms with Crippen LogP contribution in [0.4, 0.5) is 5.69 Å². The number of aryl methyl sites for hydroxylation is 1. The lowest BCUT2D eigenvalue weighted by Gasteiger charge is -2.28. The minimum Gasteiger partial charge on any atom is -0.436 e. The molecular formula is C33H26ClN3O4. The Hall–Kier alpha value is -4.75. The molecule has 0 spiro atoms. The summed E-state index contributed by atoms with van der Waals surface area (Å²) in [7, 11) is 0. The fraction of sp³-hybridized carbons (Fsp3) is 0.152. The molecule has 41 heavy (non-hydrogen) atoms. The van der Waals surface area contributed by atoms with E-state index in [1.165, 1.54) is 4.90 Å². The molecule has 2 heterocycles. The van der Waals surface area contributed by atoms with Gasteiger partial charge in [-0.3, -0.25) is 14.4 Å². The monoisotopic (exact) mass is 563 g/mol. The number of amides is 3. The van der Waals surface area contributed by atoms with Crippen LogP contribution in [0.2, 0.25) is 5.02 Å². The number of fused-ring (bicyclic) bond motifs is 1. The molecule has 1 unspecified atom stereocenters. The van der Waals surface area contributed by atoms with Gasteiger partial charge in [-0.05, 0) is 79.6 Å². The molecule has 6 rings (SSSR count). The highest BCUT2D eigenvalue weighted by atomic mass is 35.5. The van der Waals surface area contributed by atoms with Crippen molar-refractivity contribution in [2.24, 2.45) is 0 Å². The predicted molar refractivity (Wildman–Crippen MR) is 158 cm³/mol. The standard InChI is InChI=1S/C33H26ClN3O4/c1-21-9-11-24(12-10-21)32(39)36(18-17-22-5-4-6-25(34)19-22)28-20-30(38)37(33(28)40)26-15-13-23(14-16-26)31-35-27-7-2-3-8-29(27)41-31/h2-16,19,28H,17-18,20H2,1H3. The molecule has 0 saturated carbocycles. The number of halogens is 1. The van der Waals surface area contributed by atoms with Gasteiger partial charge in [0.15, 0.2) is 5.58 Å². The van der Waals surface area contributed by atoms with Gasteiger partial charge in [0.05, 0.1) is 12.1 Å². The fourth-order valence-corrected chi connectivity index (χ4v) is 5.30. The van der Waals surface area contributed by atoms with E-state index in [0.29, 0.717) is 34.2 Å². The molecule has 0 bridgehead atoms. The van der Waals surface area contributed by atoms with Gasteiger partial charge in [0.25, 0.3) is 11.8 Å². The first-order chi connectivity index (χ1) is 19.9. The Morgan fingerprint density at radius 2 is 1.73 bits per heavy atom. The molecule has 7 nitrogen and oxygen atoms in total. The minimum absolute atomic E-state index is 0.0984. The third-order valence-corrected chi connectivity index (χ3v) is 7.49. The molecule has 5 aromatic rings. The maximum atomic E-state index is 13.7. The summed E-state index contributed by atoms with van der Waals surface area (Å²) < 4.78 is 5.85. The number of para-hydroxylation sites is 2. The topological polar surface area (TPSA) is 83.7 Å². The number of hydrogen-bond donors (Lipinski definition) is 0. The second-order valence-electron chi connectivity index (χ2n) is 10.1. The summed E-state index contributed by atoms with van der Waals surface area (Å²) in [5.41, 5.74) is 4.99. The second kappa shape index (κ2) is 11.0. The van der Waals surface area contributed by atoms with Crippen molar-refractivity contribution in [1.82, 2.24) is 9.88 Å². The van der Waals surface area contributed by atoms with Gasteiger partial charge in [-0.25, -0.2) is 9.88 Å². The van der Waals surface area contributed by atoms with Crippen molar-refractivity contribution >= 4 is 46.1 Å². The zero-order chi connectivity index (χ0) is 28.5. The third-order valence-electron chi connectivity index (χ3n) is 7.26. The van der Waals surface area contributed by atoms with E-state index in [9.17, 15) is 14.4 Å². The van der Waals surface area contributed by atoms with Crippen LogP contribution in [0.1, 0.15) is 27.9 Å². The molecule has 0 radical (unpaired) electrons. The number of aromatic nitrogens is 1. The second-order valence-corrected chi connectivity index (χ2v) is 10.5. The summed E-state index contributed by atoms with van der Waals surface area (Å²) in [6.45, 7) is 2.19. The Bertz CT molecular complexity index is 1730. The summed E-state index contributed by atoms with van der Waals surface area (Å²) >= 11 is 6.16. The number of carbonyl (C=O) groups is 3. The van der Waals surface area contributed by atoms with Gasteiger partial charge in [0.2, 0.25) is 11.8 Å². The van der Waals surface area contributed by atoms with E-state index in [1.807, 2.05) is 61.5 Å².